The van der Waals surface area contributed by atoms with Crippen LogP contribution in [-0.2, 0) is 4.74 Å². The third-order valence-electron chi connectivity index (χ3n) is 2.47. The van der Waals surface area contributed by atoms with E-state index in [-0.39, 0.29) is 11.9 Å². The molecule has 1 N–H and O–H groups in total. The Morgan fingerprint density at radius 2 is 2.38 bits per heavy atom. The van der Waals surface area contributed by atoms with E-state index in [4.69, 9.17) is 4.74 Å². The number of amides is 1. The van der Waals surface area contributed by atoms with Crippen LogP contribution >= 0.6 is 28.6 Å². The standard InChI is InChI=1S/C11H12BrNO2S/c12-7-1-2-9(10(16)5-7)11(14)13-8-3-4-15-6-8/h1-2,5,8,16H,3-4,6H2,(H,13,14). The van der Waals surface area contributed by atoms with Gasteiger partial charge in [0, 0.05) is 16.0 Å². The van der Waals surface area contributed by atoms with Crippen LogP contribution in [0.3, 0.4) is 0 Å². The summed E-state index contributed by atoms with van der Waals surface area (Å²) < 4.78 is 6.12. The summed E-state index contributed by atoms with van der Waals surface area (Å²) in [5, 5.41) is 2.93. The van der Waals surface area contributed by atoms with Crippen molar-refractivity contribution in [1.82, 2.24) is 5.32 Å². The average molecular weight is 302 g/mol. The minimum absolute atomic E-state index is 0.0898. The topological polar surface area (TPSA) is 38.3 Å². The van der Waals surface area contributed by atoms with Crippen LogP contribution < -0.4 is 5.32 Å². The molecule has 3 nitrogen and oxygen atoms in total. The van der Waals surface area contributed by atoms with Gasteiger partial charge in [-0.15, -0.1) is 12.6 Å². The summed E-state index contributed by atoms with van der Waals surface area (Å²) in [6, 6.07) is 5.53. The van der Waals surface area contributed by atoms with Crippen molar-refractivity contribution in [3.8, 4) is 0 Å². The van der Waals surface area contributed by atoms with Gasteiger partial charge in [0.15, 0.2) is 0 Å². The third-order valence-corrected chi connectivity index (χ3v) is 3.33. The maximum Gasteiger partial charge on any atom is 0.252 e. The second kappa shape index (κ2) is 5.21. The number of thiol groups is 1. The zero-order valence-corrected chi connectivity index (χ0v) is 11.1. The van der Waals surface area contributed by atoms with Gasteiger partial charge in [-0.05, 0) is 24.6 Å². The molecule has 0 radical (unpaired) electrons. The zero-order chi connectivity index (χ0) is 11.5. The Morgan fingerprint density at radius 3 is 3.00 bits per heavy atom. The maximum absolute atomic E-state index is 11.9. The van der Waals surface area contributed by atoms with Crippen LogP contribution in [0, 0.1) is 0 Å². The summed E-state index contributed by atoms with van der Waals surface area (Å²) in [6.45, 7) is 1.32. The monoisotopic (exact) mass is 301 g/mol. The fourth-order valence-corrected chi connectivity index (χ4v) is 2.46. The van der Waals surface area contributed by atoms with E-state index in [1.165, 1.54) is 0 Å². The van der Waals surface area contributed by atoms with E-state index < -0.39 is 0 Å². The number of halogens is 1. The molecule has 1 unspecified atom stereocenters. The fraction of sp³-hybridized carbons (Fsp3) is 0.364. The zero-order valence-electron chi connectivity index (χ0n) is 8.57. The van der Waals surface area contributed by atoms with Gasteiger partial charge in [-0.2, -0.15) is 0 Å². The van der Waals surface area contributed by atoms with Crippen LogP contribution in [-0.4, -0.2) is 25.2 Å². The molecule has 86 valence electrons. The minimum atomic E-state index is -0.0898. The van der Waals surface area contributed by atoms with Gasteiger partial charge < -0.3 is 10.1 Å². The van der Waals surface area contributed by atoms with Gasteiger partial charge >= 0.3 is 0 Å². The molecule has 16 heavy (non-hydrogen) atoms. The van der Waals surface area contributed by atoms with Crippen molar-refractivity contribution in [3.05, 3.63) is 28.2 Å². The summed E-state index contributed by atoms with van der Waals surface area (Å²) in [5.41, 5.74) is 0.596. The van der Waals surface area contributed by atoms with E-state index >= 15 is 0 Å². The second-order valence-corrected chi connectivity index (χ2v) is 5.09. The van der Waals surface area contributed by atoms with E-state index in [0.29, 0.717) is 17.1 Å². The van der Waals surface area contributed by atoms with Gasteiger partial charge in [-0.25, -0.2) is 0 Å². The number of ether oxygens (including phenoxy) is 1. The molecule has 2 rings (SSSR count). The first kappa shape index (κ1) is 12.0. The van der Waals surface area contributed by atoms with Crippen molar-refractivity contribution in [2.75, 3.05) is 13.2 Å². The minimum Gasteiger partial charge on any atom is -0.379 e. The predicted molar refractivity (Wildman–Crippen MR) is 68.1 cm³/mol. The van der Waals surface area contributed by atoms with Crippen molar-refractivity contribution >= 4 is 34.5 Å². The number of hydrogen-bond acceptors (Lipinski definition) is 3. The van der Waals surface area contributed by atoms with Gasteiger partial charge in [0.05, 0.1) is 18.2 Å². The van der Waals surface area contributed by atoms with Gasteiger partial charge in [0.25, 0.3) is 5.91 Å². The smallest absolute Gasteiger partial charge is 0.252 e. The van der Waals surface area contributed by atoms with Crippen LogP contribution in [0.5, 0.6) is 0 Å². The van der Waals surface area contributed by atoms with E-state index in [2.05, 4.69) is 33.9 Å². The molecule has 1 saturated heterocycles. The number of hydrogen-bond donors (Lipinski definition) is 2. The number of carbonyl (C=O) groups excluding carboxylic acids is 1. The summed E-state index contributed by atoms with van der Waals surface area (Å²) in [5.74, 6) is -0.0898. The van der Waals surface area contributed by atoms with Gasteiger partial charge in [-0.3, -0.25) is 4.79 Å². The van der Waals surface area contributed by atoms with Crippen LogP contribution in [0.25, 0.3) is 0 Å². The highest BCUT2D eigenvalue weighted by Gasteiger charge is 2.19. The molecular weight excluding hydrogens is 290 g/mol. The lowest BCUT2D eigenvalue weighted by molar-refractivity contribution is 0.0927. The summed E-state index contributed by atoms with van der Waals surface area (Å²) in [7, 11) is 0. The van der Waals surface area contributed by atoms with Crippen LogP contribution in [0.15, 0.2) is 27.6 Å². The van der Waals surface area contributed by atoms with Crippen molar-refractivity contribution in [2.24, 2.45) is 0 Å². The lowest BCUT2D eigenvalue weighted by atomic mass is 10.2. The number of rotatable bonds is 2. The Bertz CT molecular complexity index is 405. The highest BCUT2D eigenvalue weighted by Crippen LogP contribution is 2.20. The SMILES string of the molecule is O=C(NC1CCOC1)c1ccc(Br)cc1S. The molecule has 0 bridgehead atoms. The first-order chi connectivity index (χ1) is 7.66. The number of carbonyl (C=O) groups is 1. The van der Waals surface area contributed by atoms with E-state index in [0.717, 1.165) is 17.5 Å². The Kier molecular flexibility index (Phi) is 3.89. The Labute approximate surface area is 108 Å². The highest BCUT2D eigenvalue weighted by atomic mass is 79.9. The van der Waals surface area contributed by atoms with Gasteiger partial charge in [0.2, 0.25) is 0 Å². The lowest BCUT2D eigenvalue weighted by Gasteiger charge is -2.11. The normalized spacial score (nSPS) is 19.8. The molecular formula is C11H12BrNO2S. The molecule has 1 fully saturated rings. The van der Waals surface area contributed by atoms with Crippen molar-refractivity contribution < 1.29 is 9.53 Å². The molecule has 1 aliphatic rings. The van der Waals surface area contributed by atoms with Crippen molar-refractivity contribution in [3.63, 3.8) is 0 Å². The summed E-state index contributed by atoms with van der Waals surface area (Å²) in [4.78, 5) is 12.6. The molecule has 0 saturated carbocycles. The Balaban J connectivity index is 2.08. The third kappa shape index (κ3) is 2.78. The molecule has 1 aromatic carbocycles. The molecule has 0 spiro atoms. The number of nitrogens with one attached hydrogen (secondary N) is 1. The molecule has 1 heterocycles. The number of benzene rings is 1. The molecule has 1 amide bonds. The lowest BCUT2D eigenvalue weighted by Crippen LogP contribution is -2.35. The first-order valence-corrected chi connectivity index (χ1v) is 6.28. The quantitative estimate of drug-likeness (QED) is 0.823. The van der Waals surface area contributed by atoms with E-state index in [1.807, 2.05) is 12.1 Å². The van der Waals surface area contributed by atoms with Crippen LogP contribution in [0.4, 0.5) is 0 Å². The van der Waals surface area contributed by atoms with E-state index in [1.54, 1.807) is 6.07 Å². The first-order valence-electron chi connectivity index (χ1n) is 5.04. The summed E-state index contributed by atoms with van der Waals surface area (Å²) >= 11 is 7.61. The Morgan fingerprint density at radius 1 is 1.56 bits per heavy atom. The van der Waals surface area contributed by atoms with Crippen molar-refractivity contribution in [1.29, 1.82) is 0 Å². The van der Waals surface area contributed by atoms with Crippen LogP contribution in [0.1, 0.15) is 16.8 Å². The van der Waals surface area contributed by atoms with E-state index in [9.17, 15) is 4.79 Å². The maximum atomic E-state index is 11.9. The van der Waals surface area contributed by atoms with Crippen LogP contribution in [0.2, 0.25) is 0 Å². The summed E-state index contributed by atoms with van der Waals surface area (Å²) in [6.07, 6.45) is 0.879. The van der Waals surface area contributed by atoms with Gasteiger partial charge in [0.1, 0.15) is 0 Å². The molecule has 0 aromatic heterocycles. The molecule has 1 atom stereocenters. The predicted octanol–water partition coefficient (Wildman–Crippen LogP) is 2.26. The average Bonchev–Trinajstić information content (AvgIpc) is 2.70. The molecule has 0 aliphatic carbocycles. The second-order valence-electron chi connectivity index (χ2n) is 3.70. The molecule has 1 aliphatic heterocycles. The molecule has 5 heteroatoms. The highest BCUT2D eigenvalue weighted by molar-refractivity contribution is 9.10. The Hall–Kier alpha value is -0.520. The fourth-order valence-electron chi connectivity index (χ4n) is 1.61. The van der Waals surface area contributed by atoms with Gasteiger partial charge in [-0.1, -0.05) is 15.9 Å². The van der Waals surface area contributed by atoms with Crippen molar-refractivity contribution in [2.45, 2.75) is 17.4 Å². The molecule has 1 aromatic rings. The largest absolute Gasteiger partial charge is 0.379 e.